The number of ether oxygens (including phenoxy) is 1. The van der Waals surface area contributed by atoms with Crippen LogP contribution in [0, 0.1) is 10.1 Å². The van der Waals surface area contributed by atoms with Crippen LogP contribution in [0.5, 0.6) is 5.75 Å². The maximum Gasteiger partial charge on any atom is 0.312 e. The Hall–Kier alpha value is -2.64. The van der Waals surface area contributed by atoms with Crippen LogP contribution >= 0.6 is 0 Å². The molecule has 1 aromatic rings. The number of carbonyl (C=O) groups is 1. The van der Waals surface area contributed by atoms with Crippen LogP contribution in [0.3, 0.4) is 0 Å². The Morgan fingerprint density at radius 3 is 2.67 bits per heavy atom. The molecular weight excluding hydrogens is 276 g/mol. The van der Waals surface area contributed by atoms with Crippen molar-refractivity contribution in [1.29, 1.82) is 0 Å². The predicted molar refractivity (Wildman–Crippen MR) is 76.3 cm³/mol. The fourth-order valence-corrected chi connectivity index (χ4v) is 2.18. The number of hydrogen-bond donors (Lipinski definition) is 2. The van der Waals surface area contributed by atoms with Gasteiger partial charge in [0.2, 0.25) is 5.75 Å². The second kappa shape index (κ2) is 5.04. The summed E-state index contributed by atoms with van der Waals surface area (Å²) < 4.78 is 5.69. The van der Waals surface area contributed by atoms with E-state index in [1.165, 1.54) is 6.07 Å². The van der Waals surface area contributed by atoms with Gasteiger partial charge < -0.3 is 16.2 Å². The molecule has 0 atom stereocenters. The molecule has 0 saturated carbocycles. The van der Waals surface area contributed by atoms with Crippen LogP contribution in [0.2, 0.25) is 0 Å². The van der Waals surface area contributed by atoms with Crippen LogP contribution in [-0.2, 0) is 6.42 Å². The van der Waals surface area contributed by atoms with Crippen LogP contribution < -0.4 is 16.2 Å². The van der Waals surface area contributed by atoms with E-state index >= 15 is 0 Å². The van der Waals surface area contributed by atoms with Crippen molar-refractivity contribution in [3.8, 4) is 5.75 Å². The first-order valence-electron chi connectivity index (χ1n) is 6.34. The number of nitrogens with two attached hydrogens (primary N) is 2. The van der Waals surface area contributed by atoms with Crippen LogP contribution in [0.25, 0.3) is 0 Å². The molecule has 0 unspecified atom stereocenters. The molecule has 8 nitrogen and oxygen atoms in total. The van der Waals surface area contributed by atoms with Crippen molar-refractivity contribution in [1.82, 2.24) is 0 Å². The number of amides is 1. The van der Waals surface area contributed by atoms with Crippen LogP contribution in [-0.4, -0.2) is 22.4 Å². The molecule has 1 amide bonds. The summed E-state index contributed by atoms with van der Waals surface area (Å²) in [5, 5.41) is 11.2. The van der Waals surface area contributed by atoms with E-state index in [-0.39, 0.29) is 17.0 Å². The number of nitro groups is 1. The lowest BCUT2D eigenvalue weighted by Crippen LogP contribution is -2.33. The molecule has 4 N–H and O–H groups in total. The van der Waals surface area contributed by atoms with Gasteiger partial charge in [-0.2, -0.15) is 4.99 Å². The number of aryl methyl sites for hydroxylation is 1. The molecule has 21 heavy (non-hydrogen) atoms. The second-order valence-electron chi connectivity index (χ2n) is 5.44. The number of hydrogen-bond acceptors (Lipinski definition) is 4. The Bertz CT molecular complexity index is 648. The average molecular weight is 292 g/mol. The van der Waals surface area contributed by atoms with Gasteiger partial charge in [-0.1, -0.05) is 0 Å². The molecule has 112 valence electrons. The van der Waals surface area contributed by atoms with E-state index in [1.54, 1.807) is 0 Å². The summed E-state index contributed by atoms with van der Waals surface area (Å²) in [5.74, 6) is -0.902. The molecule has 1 aliphatic heterocycles. The highest BCUT2D eigenvalue weighted by atomic mass is 16.6. The number of nitro benzene ring substituents is 1. The maximum atomic E-state index is 11.8. The molecule has 0 spiro atoms. The standard InChI is InChI=1S/C13H16N4O4/c1-13(2)4-3-7-5-8(11(18)16-12(14)15)6-9(17(19)20)10(7)21-13/h5-6H,3-4H2,1-2H3,(H4,14,15,16,18). The summed E-state index contributed by atoms with van der Waals surface area (Å²) in [6, 6.07) is 2.67. The highest BCUT2D eigenvalue weighted by molar-refractivity contribution is 6.02. The summed E-state index contributed by atoms with van der Waals surface area (Å²) in [6.07, 6.45) is 1.27. The highest BCUT2D eigenvalue weighted by Crippen LogP contribution is 2.40. The summed E-state index contributed by atoms with van der Waals surface area (Å²) in [5.41, 5.74) is 10.2. The van der Waals surface area contributed by atoms with Crippen molar-refractivity contribution in [3.05, 3.63) is 33.4 Å². The molecule has 0 aromatic heterocycles. The molecule has 0 fully saturated rings. The van der Waals surface area contributed by atoms with Crippen molar-refractivity contribution in [3.63, 3.8) is 0 Å². The van der Waals surface area contributed by atoms with E-state index in [1.807, 2.05) is 13.8 Å². The molecule has 0 bridgehead atoms. The third-order valence-corrected chi connectivity index (χ3v) is 3.20. The molecule has 8 heteroatoms. The second-order valence-corrected chi connectivity index (χ2v) is 5.44. The monoisotopic (exact) mass is 292 g/mol. The summed E-state index contributed by atoms with van der Waals surface area (Å²) in [4.78, 5) is 25.9. The first-order chi connectivity index (χ1) is 9.69. The van der Waals surface area contributed by atoms with Gasteiger partial charge in [0.1, 0.15) is 5.60 Å². The maximum absolute atomic E-state index is 11.8. The third-order valence-electron chi connectivity index (χ3n) is 3.20. The van der Waals surface area contributed by atoms with Gasteiger partial charge in [0.05, 0.1) is 4.92 Å². The normalized spacial score (nSPS) is 15.5. The van der Waals surface area contributed by atoms with Crippen molar-refractivity contribution in [2.24, 2.45) is 16.5 Å². The zero-order chi connectivity index (χ0) is 15.8. The quantitative estimate of drug-likeness (QED) is 0.363. The van der Waals surface area contributed by atoms with Gasteiger partial charge >= 0.3 is 5.69 Å². The number of aliphatic imine (C=N–C) groups is 1. The topological polar surface area (TPSA) is 134 Å². The van der Waals surface area contributed by atoms with E-state index in [9.17, 15) is 14.9 Å². The van der Waals surface area contributed by atoms with Crippen molar-refractivity contribution in [2.75, 3.05) is 0 Å². The minimum absolute atomic E-state index is 0.0668. The Morgan fingerprint density at radius 1 is 1.43 bits per heavy atom. The van der Waals surface area contributed by atoms with E-state index in [2.05, 4.69) is 4.99 Å². The van der Waals surface area contributed by atoms with E-state index < -0.39 is 22.4 Å². The van der Waals surface area contributed by atoms with Crippen LogP contribution in [0.15, 0.2) is 17.1 Å². The van der Waals surface area contributed by atoms with Gasteiger partial charge in [-0.25, -0.2) is 0 Å². The Balaban J connectivity index is 2.55. The van der Waals surface area contributed by atoms with Gasteiger partial charge in [0, 0.05) is 17.2 Å². The summed E-state index contributed by atoms with van der Waals surface area (Å²) >= 11 is 0. The SMILES string of the molecule is CC1(C)CCc2cc(C(=O)N=C(N)N)cc([N+](=O)[O-])c2O1. The van der Waals surface area contributed by atoms with Gasteiger partial charge in [0.25, 0.3) is 5.91 Å². The van der Waals surface area contributed by atoms with E-state index in [4.69, 9.17) is 16.2 Å². The first-order valence-corrected chi connectivity index (χ1v) is 6.34. The molecule has 1 aromatic carbocycles. The smallest absolute Gasteiger partial charge is 0.312 e. The molecule has 0 saturated heterocycles. The lowest BCUT2D eigenvalue weighted by atomic mass is 9.92. The predicted octanol–water partition coefficient (Wildman–Crippen LogP) is 1.11. The molecule has 0 radical (unpaired) electrons. The van der Waals surface area contributed by atoms with Crippen LogP contribution in [0.4, 0.5) is 5.69 Å². The zero-order valence-corrected chi connectivity index (χ0v) is 11.8. The Labute approximate surface area is 120 Å². The minimum atomic E-state index is -0.717. The van der Waals surface area contributed by atoms with Gasteiger partial charge in [-0.15, -0.1) is 0 Å². The average Bonchev–Trinajstić information content (AvgIpc) is 2.35. The summed E-state index contributed by atoms with van der Waals surface area (Å²) in [6.45, 7) is 3.72. The summed E-state index contributed by atoms with van der Waals surface area (Å²) in [7, 11) is 0. The van der Waals surface area contributed by atoms with Gasteiger partial charge in [-0.3, -0.25) is 14.9 Å². The van der Waals surface area contributed by atoms with Crippen LogP contribution in [0.1, 0.15) is 36.2 Å². The zero-order valence-electron chi connectivity index (χ0n) is 11.8. The van der Waals surface area contributed by atoms with E-state index in [0.29, 0.717) is 18.4 Å². The van der Waals surface area contributed by atoms with Gasteiger partial charge in [0.15, 0.2) is 5.96 Å². The molecule has 2 rings (SSSR count). The lowest BCUT2D eigenvalue weighted by molar-refractivity contribution is -0.386. The Kier molecular flexibility index (Phi) is 3.54. The number of fused-ring (bicyclic) bond motifs is 1. The van der Waals surface area contributed by atoms with Crippen molar-refractivity contribution in [2.45, 2.75) is 32.3 Å². The number of benzene rings is 1. The fraction of sp³-hybridized carbons (Fsp3) is 0.385. The van der Waals surface area contributed by atoms with Crippen molar-refractivity contribution < 1.29 is 14.5 Å². The number of carbonyl (C=O) groups excluding carboxylic acids is 1. The fourth-order valence-electron chi connectivity index (χ4n) is 2.18. The minimum Gasteiger partial charge on any atom is -0.481 e. The molecule has 1 heterocycles. The first kappa shape index (κ1) is 14.8. The Morgan fingerprint density at radius 2 is 2.10 bits per heavy atom. The third kappa shape index (κ3) is 3.10. The number of nitrogens with zero attached hydrogens (tertiary/aromatic N) is 2. The van der Waals surface area contributed by atoms with E-state index in [0.717, 1.165) is 6.07 Å². The number of rotatable bonds is 2. The lowest BCUT2D eigenvalue weighted by Gasteiger charge is -2.32. The number of guanidine groups is 1. The van der Waals surface area contributed by atoms with Gasteiger partial charge in [-0.05, 0) is 32.8 Å². The molecule has 0 aliphatic carbocycles. The molecular formula is C13H16N4O4. The largest absolute Gasteiger partial charge is 0.481 e. The van der Waals surface area contributed by atoms with Crippen molar-refractivity contribution >= 4 is 17.6 Å². The highest BCUT2D eigenvalue weighted by Gasteiger charge is 2.33. The molecule has 1 aliphatic rings.